The molecule has 3 heterocycles. The zero-order chi connectivity index (χ0) is 21.3. The number of carbonyl (C=O) groups is 1. The number of hydrogen-bond donors (Lipinski definition) is 0. The van der Waals surface area contributed by atoms with Crippen molar-refractivity contribution in [1.29, 1.82) is 0 Å². The summed E-state index contributed by atoms with van der Waals surface area (Å²) in [6.45, 7) is 8.42. The lowest BCUT2D eigenvalue weighted by molar-refractivity contribution is 0.0993. The molecule has 0 spiro atoms. The Kier molecular flexibility index (Phi) is 5.63. The van der Waals surface area contributed by atoms with Crippen LogP contribution >= 0.6 is 11.8 Å². The highest BCUT2D eigenvalue weighted by Crippen LogP contribution is 2.30. The van der Waals surface area contributed by atoms with E-state index in [1.54, 1.807) is 6.26 Å². The van der Waals surface area contributed by atoms with E-state index in [9.17, 15) is 4.79 Å². The summed E-state index contributed by atoms with van der Waals surface area (Å²) in [6, 6.07) is 13.6. The molecule has 30 heavy (non-hydrogen) atoms. The Labute approximate surface area is 179 Å². The van der Waals surface area contributed by atoms with Crippen molar-refractivity contribution < 1.29 is 13.6 Å². The lowest BCUT2D eigenvalue weighted by Crippen LogP contribution is -2.15. The average Bonchev–Trinajstić information content (AvgIpc) is 3.46. The summed E-state index contributed by atoms with van der Waals surface area (Å²) in [4.78, 5) is 13.1. The zero-order valence-electron chi connectivity index (χ0n) is 17.4. The first-order valence-electron chi connectivity index (χ1n) is 9.73. The van der Waals surface area contributed by atoms with Crippen molar-refractivity contribution in [3.63, 3.8) is 0 Å². The molecule has 3 aromatic heterocycles. The summed E-state index contributed by atoms with van der Waals surface area (Å²) in [6.07, 6.45) is 1.66. The minimum absolute atomic E-state index is 0.0365. The molecule has 0 fully saturated rings. The third-order valence-electron chi connectivity index (χ3n) is 5.16. The van der Waals surface area contributed by atoms with E-state index in [0.29, 0.717) is 23.2 Å². The summed E-state index contributed by atoms with van der Waals surface area (Å²) in [5.74, 6) is 1.36. The Morgan fingerprint density at radius 2 is 1.93 bits per heavy atom. The summed E-state index contributed by atoms with van der Waals surface area (Å²) in [7, 11) is 0. The van der Waals surface area contributed by atoms with Gasteiger partial charge in [-0.25, -0.2) is 0 Å². The van der Waals surface area contributed by atoms with E-state index in [-0.39, 0.29) is 11.0 Å². The number of thioether (sulfide) groups is 1. The molecule has 6 nitrogen and oxygen atoms in total. The molecule has 0 unspecified atom stereocenters. The Morgan fingerprint density at radius 3 is 2.67 bits per heavy atom. The number of Topliss-reactive ketones (excluding diaryl/α,β-unsaturated/α-hetero) is 1. The number of aromatic nitrogens is 3. The van der Waals surface area contributed by atoms with E-state index in [2.05, 4.69) is 14.8 Å². The van der Waals surface area contributed by atoms with Crippen molar-refractivity contribution in [2.75, 3.05) is 0 Å². The predicted molar refractivity (Wildman–Crippen MR) is 116 cm³/mol. The second kappa shape index (κ2) is 8.36. The van der Waals surface area contributed by atoms with Crippen molar-refractivity contribution in [2.45, 2.75) is 44.7 Å². The number of aryl methyl sites for hydroxylation is 2. The molecule has 0 aliphatic rings. The molecule has 0 radical (unpaired) electrons. The lowest BCUT2D eigenvalue weighted by Gasteiger charge is -2.10. The van der Waals surface area contributed by atoms with Gasteiger partial charge >= 0.3 is 0 Å². The Morgan fingerprint density at radius 1 is 1.13 bits per heavy atom. The Balaban J connectivity index is 1.50. The predicted octanol–water partition coefficient (Wildman–Crippen LogP) is 5.47. The van der Waals surface area contributed by atoms with Crippen LogP contribution in [0.25, 0.3) is 11.5 Å². The fraction of sp³-hybridized carbons (Fsp3) is 0.261. The number of benzene rings is 1. The van der Waals surface area contributed by atoms with E-state index in [4.69, 9.17) is 8.83 Å². The summed E-state index contributed by atoms with van der Waals surface area (Å²) in [5, 5.41) is 8.30. The Bertz CT molecular complexity index is 1170. The number of nitrogens with zero attached hydrogens (tertiary/aromatic N) is 3. The molecular formula is C23H23N3O3S. The fourth-order valence-electron chi connectivity index (χ4n) is 3.46. The van der Waals surface area contributed by atoms with Crippen LogP contribution in [-0.2, 0) is 6.54 Å². The number of carbonyl (C=O) groups excluding carboxylic acids is 1. The molecule has 0 bridgehead atoms. The monoisotopic (exact) mass is 421 g/mol. The quantitative estimate of drug-likeness (QED) is 0.291. The van der Waals surface area contributed by atoms with Crippen molar-refractivity contribution in [1.82, 2.24) is 14.8 Å². The van der Waals surface area contributed by atoms with Gasteiger partial charge in [-0.2, -0.15) is 0 Å². The van der Waals surface area contributed by atoms with Gasteiger partial charge in [0.2, 0.25) is 5.89 Å². The Hall–Kier alpha value is -3.06. The van der Waals surface area contributed by atoms with Crippen molar-refractivity contribution >= 4 is 17.5 Å². The molecule has 0 saturated carbocycles. The minimum atomic E-state index is -0.354. The van der Waals surface area contributed by atoms with Crippen LogP contribution in [0.15, 0.2) is 62.8 Å². The molecule has 0 aliphatic carbocycles. The molecule has 0 aliphatic heterocycles. The van der Waals surface area contributed by atoms with E-state index < -0.39 is 0 Å². The average molecular weight is 422 g/mol. The SMILES string of the molecule is Cc1ccccc1-c1nnc(S[C@@H](C)C(=O)c2cc(C)n(Cc3ccco3)c2C)o1. The molecule has 154 valence electrons. The van der Waals surface area contributed by atoms with E-state index >= 15 is 0 Å². The molecule has 7 heteroatoms. The van der Waals surface area contributed by atoms with Crippen molar-refractivity contribution in [3.05, 3.63) is 77.0 Å². The van der Waals surface area contributed by atoms with Gasteiger partial charge in [-0.05, 0) is 57.5 Å². The summed E-state index contributed by atoms with van der Waals surface area (Å²) >= 11 is 1.28. The van der Waals surface area contributed by atoms with E-state index in [0.717, 1.165) is 28.3 Å². The smallest absolute Gasteiger partial charge is 0.277 e. The molecular weight excluding hydrogens is 398 g/mol. The zero-order valence-corrected chi connectivity index (χ0v) is 18.2. The molecule has 0 N–H and O–H groups in total. The standard InChI is InChI=1S/C23H23N3O3S/c1-14-8-5-6-10-19(14)22-24-25-23(29-22)30-17(4)21(27)20-12-15(2)26(16(20)3)13-18-9-7-11-28-18/h5-12,17H,13H2,1-4H3/t17-/m0/s1. The second-order valence-corrected chi connectivity index (χ2v) is 8.55. The molecule has 0 amide bonds. The number of hydrogen-bond acceptors (Lipinski definition) is 6. The highest BCUT2D eigenvalue weighted by molar-refractivity contribution is 8.00. The maximum absolute atomic E-state index is 13.1. The van der Waals surface area contributed by atoms with Gasteiger partial charge in [0.15, 0.2) is 5.78 Å². The first-order chi connectivity index (χ1) is 14.4. The van der Waals surface area contributed by atoms with E-state index in [1.165, 1.54) is 11.8 Å². The third kappa shape index (κ3) is 3.98. The van der Waals surface area contributed by atoms with Crippen LogP contribution in [0, 0.1) is 20.8 Å². The van der Waals surface area contributed by atoms with Gasteiger partial charge in [0.25, 0.3) is 5.22 Å². The van der Waals surface area contributed by atoms with Gasteiger partial charge < -0.3 is 13.4 Å². The van der Waals surface area contributed by atoms with Crippen LogP contribution in [-0.4, -0.2) is 25.8 Å². The van der Waals surface area contributed by atoms with Crippen LogP contribution in [0.5, 0.6) is 0 Å². The fourth-order valence-corrected chi connectivity index (χ4v) is 4.21. The molecule has 4 rings (SSSR count). The van der Waals surface area contributed by atoms with Gasteiger partial charge in [-0.3, -0.25) is 4.79 Å². The molecule has 1 atom stereocenters. The van der Waals surface area contributed by atoms with Gasteiger partial charge in [-0.1, -0.05) is 30.0 Å². The van der Waals surface area contributed by atoms with Crippen molar-refractivity contribution in [3.8, 4) is 11.5 Å². The number of rotatable bonds is 7. The van der Waals surface area contributed by atoms with Crippen LogP contribution < -0.4 is 0 Å². The maximum atomic E-state index is 13.1. The molecule has 1 aromatic carbocycles. The van der Waals surface area contributed by atoms with Gasteiger partial charge in [-0.15, -0.1) is 10.2 Å². The van der Waals surface area contributed by atoms with E-state index in [1.807, 2.05) is 70.2 Å². The molecule has 0 saturated heterocycles. The summed E-state index contributed by atoms with van der Waals surface area (Å²) in [5.41, 5.74) is 4.61. The van der Waals surface area contributed by atoms with Crippen LogP contribution in [0.1, 0.15) is 40.0 Å². The topological polar surface area (TPSA) is 74.1 Å². The highest BCUT2D eigenvalue weighted by atomic mass is 32.2. The van der Waals surface area contributed by atoms with Gasteiger partial charge in [0.05, 0.1) is 18.1 Å². The second-order valence-electron chi connectivity index (χ2n) is 7.26. The lowest BCUT2D eigenvalue weighted by atomic mass is 10.1. The first kappa shape index (κ1) is 20.2. The van der Waals surface area contributed by atoms with Gasteiger partial charge in [0.1, 0.15) is 5.76 Å². The van der Waals surface area contributed by atoms with Crippen LogP contribution in [0.2, 0.25) is 0 Å². The third-order valence-corrected chi connectivity index (χ3v) is 6.10. The van der Waals surface area contributed by atoms with Crippen LogP contribution in [0.3, 0.4) is 0 Å². The number of ketones is 1. The summed E-state index contributed by atoms with van der Waals surface area (Å²) < 4.78 is 13.4. The maximum Gasteiger partial charge on any atom is 0.277 e. The first-order valence-corrected chi connectivity index (χ1v) is 10.6. The highest BCUT2D eigenvalue weighted by Gasteiger charge is 2.24. The largest absolute Gasteiger partial charge is 0.467 e. The number of furan rings is 1. The normalized spacial score (nSPS) is 12.3. The molecule has 4 aromatic rings. The minimum Gasteiger partial charge on any atom is -0.467 e. The van der Waals surface area contributed by atoms with Crippen molar-refractivity contribution in [2.24, 2.45) is 0 Å². The van der Waals surface area contributed by atoms with Crippen LogP contribution in [0.4, 0.5) is 0 Å². The van der Waals surface area contributed by atoms with Gasteiger partial charge in [0, 0.05) is 22.5 Å².